The van der Waals surface area contributed by atoms with Gasteiger partial charge in [-0.25, -0.2) is 0 Å². The van der Waals surface area contributed by atoms with Gasteiger partial charge in [-0.15, -0.1) is 0 Å². The third-order valence-electron chi connectivity index (χ3n) is 11.3. The zero-order valence-electron chi connectivity index (χ0n) is 37.4. The lowest BCUT2D eigenvalue weighted by Gasteiger charge is -2.22. The van der Waals surface area contributed by atoms with E-state index in [0.29, 0.717) is 25.9 Å². The van der Waals surface area contributed by atoms with Crippen LogP contribution in [-0.2, 0) is 14.3 Å². The van der Waals surface area contributed by atoms with E-state index < -0.39 is 12.1 Å². The fourth-order valence-electron chi connectivity index (χ4n) is 7.43. The molecule has 0 radical (unpaired) electrons. The normalized spacial score (nSPS) is 12.9. The predicted molar refractivity (Wildman–Crippen MR) is 241 cm³/mol. The average Bonchev–Trinajstić information content (AvgIpc) is 3.20. The molecule has 2 atom stereocenters. The van der Waals surface area contributed by atoms with E-state index in [2.05, 4.69) is 43.5 Å². The minimum atomic E-state index is -0.677. The highest BCUT2D eigenvalue weighted by Gasteiger charge is 2.20. The van der Waals surface area contributed by atoms with E-state index in [-0.39, 0.29) is 18.5 Å². The summed E-state index contributed by atoms with van der Waals surface area (Å²) in [5, 5.41) is 23.1. The van der Waals surface area contributed by atoms with Crippen molar-refractivity contribution in [3.63, 3.8) is 0 Å². The molecule has 56 heavy (non-hydrogen) atoms. The average molecular weight is 790 g/mol. The van der Waals surface area contributed by atoms with E-state index in [1.807, 2.05) is 0 Å². The van der Waals surface area contributed by atoms with Crippen LogP contribution in [0.3, 0.4) is 0 Å². The molecule has 0 rings (SSSR count). The highest BCUT2D eigenvalue weighted by atomic mass is 16.5. The van der Waals surface area contributed by atoms with Gasteiger partial charge in [0.1, 0.15) is 0 Å². The van der Waals surface area contributed by atoms with Crippen LogP contribution < -0.4 is 5.32 Å². The van der Waals surface area contributed by atoms with Crippen molar-refractivity contribution in [1.29, 1.82) is 0 Å². The molecule has 0 aliphatic rings. The molecule has 3 N–H and O–H groups in total. The number of aliphatic hydroxyl groups is 2. The van der Waals surface area contributed by atoms with Gasteiger partial charge in [-0.3, -0.25) is 9.59 Å². The molecule has 0 aromatic rings. The van der Waals surface area contributed by atoms with Crippen LogP contribution in [-0.4, -0.2) is 47.4 Å². The van der Waals surface area contributed by atoms with Crippen LogP contribution in [0.4, 0.5) is 0 Å². The summed E-state index contributed by atoms with van der Waals surface area (Å²) in [6.07, 6.45) is 52.8. The summed E-state index contributed by atoms with van der Waals surface area (Å²) in [6.45, 7) is 4.85. The van der Waals surface area contributed by atoms with Crippen LogP contribution >= 0.6 is 0 Å². The number of allylic oxidation sites excluding steroid dienone is 4. The number of esters is 1. The van der Waals surface area contributed by atoms with Crippen molar-refractivity contribution in [3.05, 3.63) is 24.3 Å². The van der Waals surface area contributed by atoms with E-state index in [1.165, 1.54) is 161 Å². The third kappa shape index (κ3) is 42.0. The molecule has 6 heteroatoms. The maximum absolute atomic E-state index is 12.4. The number of aliphatic hydroxyl groups excluding tert-OH is 2. The van der Waals surface area contributed by atoms with Crippen molar-refractivity contribution in [2.45, 2.75) is 270 Å². The molecule has 330 valence electrons. The minimum absolute atomic E-state index is 0.0232. The SMILES string of the molecule is CCCCC/C=C\C/C=C\CCCCCCCCCCCC(=O)OCCCCCCCCCCCCC(=O)NC(CO)C(O)CCCCCCCCCCCC. The Morgan fingerprint density at radius 2 is 0.893 bits per heavy atom. The number of rotatable bonds is 45. The van der Waals surface area contributed by atoms with Gasteiger partial charge in [0, 0.05) is 12.8 Å². The standard InChI is InChI=1S/C50H95NO5/c1-3-5-7-9-11-13-15-16-17-18-19-20-21-22-23-28-32-36-40-44-50(55)56-45-41-37-33-29-25-24-27-31-35-39-43-49(54)51-47(46-52)48(53)42-38-34-30-26-14-12-10-8-6-4-2/h11,13,16-17,47-48,52-53H,3-10,12,14-15,18-46H2,1-2H3,(H,51,54)/b13-11-,17-16-. The van der Waals surface area contributed by atoms with Crippen molar-refractivity contribution in [2.75, 3.05) is 13.2 Å². The van der Waals surface area contributed by atoms with Crippen molar-refractivity contribution in [3.8, 4) is 0 Å². The molecule has 2 unspecified atom stereocenters. The van der Waals surface area contributed by atoms with Gasteiger partial charge in [0.2, 0.25) is 5.91 Å². The van der Waals surface area contributed by atoms with Crippen LogP contribution in [0.15, 0.2) is 24.3 Å². The summed E-state index contributed by atoms with van der Waals surface area (Å²) in [7, 11) is 0. The van der Waals surface area contributed by atoms with Gasteiger partial charge in [-0.2, -0.15) is 0 Å². The first-order valence-electron chi connectivity index (χ1n) is 24.6. The Labute approximate surface area is 348 Å². The van der Waals surface area contributed by atoms with Gasteiger partial charge in [-0.05, 0) is 57.8 Å². The van der Waals surface area contributed by atoms with Gasteiger partial charge >= 0.3 is 5.97 Å². The Balaban J connectivity index is 3.45. The van der Waals surface area contributed by atoms with Crippen LogP contribution in [0.5, 0.6) is 0 Å². The van der Waals surface area contributed by atoms with Crippen LogP contribution in [0.1, 0.15) is 258 Å². The summed E-state index contributed by atoms with van der Waals surface area (Å²) in [5.41, 5.74) is 0. The van der Waals surface area contributed by atoms with Crippen LogP contribution in [0.25, 0.3) is 0 Å². The zero-order valence-corrected chi connectivity index (χ0v) is 37.4. The number of hydrogen-bond acceptors (Lipinski definition) is 5. The second-order valence-corrected chi connectivity index (χ2v) is 16.8. The van der Waals surface area contributed by atoms with Gasteiger partial charge in [0.25, 0.3) is 0 Å². The molecule has 0 heterocycles. The molecule has 0 fully saturated rings. The van der Waals surface area contributed by atoms with E-state index in [4.69, 9.17) is 4.74 Å². The van der Waals surface area contributed by atoms with E-state index in [9.17, 15) is 19.8 Å². The van der Waals surface area contributed by atoms with Gasteiger partial charge < -0.3 is 20.3 Å². The fraction of sp³-hybridized carbons (Fsp3) is 0.880. The Hall–Kier alpha value is -1.66. The molecule has 0 aliphatic carbocycles. The number of ether oxygens (including phenoxy) is 1. The first-order valence-corrected chi connectivity index (χ1v) is 24.6. The van der Waals surface area contributed by atoms with E-state index in [0.717, 1.165) is 64.2 Å². The summed E-state index contributed by atoms with van der Waals surface area (Å²) in [5.74, 6) is -0.0834. The molecule has 0 spiro atoms. The third-order valence-corrected chi connectivity index (χ3v) is 11.3. The molecule has 0 saturated carbocycles. The highest BCUT2D eigenvalue weighted by Crippen LogP contribution is 2.16. The number of amides is 1. The Bertz CT molecular complexity index is 874. The molecule has 1 amide bonds. The zero-order chi connectivity index (χ0) is 40.8. The van der Waals surface area contributed by atoms with E-state index >= 15 is 0 Å². The lowest BCUT2D eigenvalue weighted by molar-refractivity contribution is -0.143. The number of hydrogen-bond donors (Lipinski definition) is 3. The monoisotopic (exact) mass is 790 g/mol. The molecule has 0 saturated heterocycles. The van der Waals surface area contributed by atoms with Crippen LogP contribution in [0, 0.1) is 0 Å². The Kier molecular flexibility index (Phi) is 44.7. The predicted octanol–water partition coefficient (Wildman–Crippen LogP) is 14.3. The van der Waals surface area contributed by atoms with Gasteiger partial charge in [0.05, 0.1) is 25.4 Å². The quantitative estimate of drug-likeness (QED) is 0.0324. The maximum atomic E-state index is 12.4. The van der Waals surface area contributed by atoms with Crippen molar-refractivity contribution >= 4 is 11.9 Å². The van der Waals surface area contributed by atoms with Gasteiger partial charge in [-0.1, -0.05) is 212 Å². The minimum Gasteiger partial charge on any atom is -0.466 e. The second kappa shape index (κ2) is 46.0. The number of unbranched alkanes of at least 4 members (excludes halogenated alkanes) is 30. The largest absolute Gasteiger partial charge is 0.466 e. The van der Waals surface area contributed by atoms with Crippen molar-refractivity contribution in [2.24, 2.45) is 0 Å². The molecular formula is C50H95NO5. The van der Waals surface area contributed by atoms with Gasteiger partial charge in [0.15, 0.2) is 0 Å². The topological polar surface area (TPSA) is 95.9 Å². The number of carbonyl (C=O) groups is 2. The lowest BCUT2D eigenvalue weighted by atomic mass is 10.0. The molecule has 0 aromatic heterocycles. The Morgan fingerprint density at radius 1 is 0.500 bits per heavy atom. The molecule has 6 nitrogen and oxygen atoms in total. The summed E-state index contributed by atoms with van der Waals surface area (Å²) < 4.78 is 5.46. The molecule has 0 bridgehead atoms. The number of nitrogens with one attached hydrogen (secondary N) is 1. The summed E-state index contributed by atoms with van der Waals surface area (Å²) >= 11 is 0. The maximum Gasteiger partial charge on any atom is 0.305 e. The first-order chi connectivity index (χ1) is 27.5. The lowest BCUT2D eigenvalue weighted by Crippen LogP contribution is -2.45. The highest BCUT2D eigenvalue weighted by molar-refractivity contribution is 5.76. The van der Waals surface area contributed by atoms with Crippen molar-refractivity contribution in [1.82, 2.24) is 5.32 Å². The van der Waals surface area contributed by atoms with Crippen molar-refractivity contribution < 1.29 is 24.5 Å². The fourth-order valence-corrected chi connectivity index (χ4v) is 7.43. The summed E-state index contributed by atoms with van der Waals surface area (Å²) in [6, 6.07) is -0.556. The molecular weight excluding hydrogens is 695 g/mol. The second-order valence-electron chi connectivity index (χ2n) is 16.8. The smallest absolute Gasteiger partial charge is 0.305 e. The number of carbonyl (C=O) groups excluding carboxylic acids is 2. The van der Waals surface area contributed by atoms with E-state index in [1.54, 1.807) is 0 Å². The first kappa shape index (κ1) is 54.3. The Morgan fingerprint density at radius 3 is 1.39 bits per heavy atom. The molecule has 0 aromatic carbocycles. The van der Waals surface area contributed by atoms with Crippen LogP contribution in [0.2, 0.25) is 0 Å². The summed E-state index contributed by atoms with van der Waals surface area (Å²) in [4.78, 5) is 24.4. The molecule has 0 aliphatic heterocycles.